The van der Waals surface area contributed by atoms with Crippen LogP contribution >= 0.6 is 0 Å². The second kappa shape index (κ2) is 7.89. The Labute approximate surface area is 165 Å². The number of hydrogen-bond acceptors (Lipinski definition) is 6. The molecule has 2 aromatic carbocycles. The highest BCUT2D eigenvalue weighted by Gasteiger charge is 2.15. The number of amides is 1. The molecule has 1 N–H and O–H groups in total. The molecule has 0 saturated heterocycles. The Hall–Kier alpha value is -4.07. The van der Waals surface area contributed by atoms with Crippen molar-refractivity contribution in [3.05, 3.63) is 83.0 Å². The van der Waals surface area contributed by atoms with Crippen LogP contribution in [0.15, 0.2) is 80.6 Å². The number of anilines is 1. The Balaban J connectivity index is 1.38. The van der Waals surface area contributed by atoms with Crippen LogP contribution in [0.3, 0.4) is 0 Å². The number of ether oxygens (including phenoxy) is 1. The second-order valence-electron chi connectivity index (χ2n) is 6.30. The highest BCUT2D eigenvalue weighted by molar-refractivity contribution is 5.90. The molecule has 0 saturated carbocycles. The van der Waals surface area contributed by atoms with E-state index in [0.717, 1.165) is 16.0 Å². The average molecular weight is 391 g/mol. The minimum atomic E-state index is -0.742. The number of nitrogens with zero attached hydrogens (tertiary/aromatic N) is 2. The van der Waals surface area contributed by atoms with Crippen molar-refractivity contribution < 1.29 is 18.4 Å². The summed E-state index contributed by atoms with van der Waals surface area (Å²) in [5.41, 5.74) is 1.67. The van der Waals surface area contributed by atoms with E-state index in [9.17, 15) is 9.59 Å². The Morgan fingerprint density at radius 1 is 1.10 bits per heavy atom. The fourth-order valence-corrected chi connectivity index (χ4v) is 2.66. The largest absolute Gasteiger partial charge is 0.459 e. The van der Waals surface area contributed by atoms with Gasteiger partial charge in [-0.2, -0.15) is 4.68 Å². The number of aryl methyl sites for hydroxylation is 1. The second-order valence-corrected chi connectivity index (χ2v) is 6.30. The molecule has 4 aromatic rings. The third kappa shape index (κ3) is 4.44. The van der Waals surface area contributed by atoms with Gasteiger partial charge in [0.1, 0.15) is 18.0 Å². The average Bonchev–Trinajstić information content (AvgIpc) is 3.34. The molecule has 0 radical (unpaired) electrons. The monoisotopic (exact) mass is 391 g/mol. The quantitative estimate of drug-likeness (QED) is 0.536. The van der Waals surface area contributed by atoms with E-state index in [1.807, 2.05) is 31.2 Å². The predicted octanol–water partition coefficient (Wildman–Crippen LogP) is 3.84. The lowest BCUT2D eigenvalue weighted by molar-refractivity contribution is -0.117. The maximum absolute atomic E-state index is 12.2. The number of carbonyl (C=O) groups is 1. The van der Waals surface area contributed by atoms with E-state index in [-0.39, 0.29) is 12.4 Å². The van der Waals surface area contributed by atoms with Crippen LogP contribution in [0.25, 0.3) is 11.7 Å². The van der Waals surface area contributed by atoms with Gasteiger partial charge in [0.05, 0.1) is 6.26 Å². The summed E-state index contributed by atoms with van der Waals surface area (Å²) in [6.07, 6.45) is 1.44. The van der Waals surface area contributed by atoms with E-state index in [2.05, 4.69) is 10.4 Å². The van der Waals surface area contributed by atoms with Crippen molar-refractivity contribution >= 4 is 11.6 Å². The molecule has 0 aliphatic heterocycles. The van der Waals surface area contributed by atoms with Gasteiger partial charge in [0.2, 0.25) is 5.91 Å². The number of rotatable bonds is 6. The first-order valence-electron chi connectivity index (χ1n) is 8.83. The lowest BCUT2D eigenvalue weighted by atomic mass is 10.2. The molecule has 29 heavy (non-hydrogen) atoms. The molecule has 0 unspecified atom stereocenters. The number of carbonyl (C=O) groups excluding carboxylic acids is 1. The van der Waals surface area contributed by atoms with E-state index in [4.69, 9.17) is 13.6 Å². The number of aromatic nitrogens is 2. The molecule has 0 atom stereocenters. The minimum absolute atomic E-state index is 0.0189. The van der Waals surface area contributed by atoms with Gasteiger partial charge in [-0.05, 0) is 61.0 Å². The summed E-state index contributed by atoms with van der Waals surface area (Å²) in [6, 6.07) is 17.9. The fourth-order valence-electron chi connectivity index (χ4n) is 2.66. The summed E-state index contributed by atoms with van der Waals surface area (Å²) in [6.45, 7) is 1.70. The van der Waals surface area contributed by atoms with Gasteiger partial charge >= 0.3 is 5.76 Å². The van der Waals surface area contributed by atoms with Gasteiger partial charge in [-0.3, -0.25) is 4.79 Å². The van der Waals surface area contributed by atoms with Gasteiger partial charge in [-0.15, -0.1) is 5.10 Å². The van der Waals surface area contributed by atoms with Crippen molar-refractivity contribution in [1.29, 1.82) is 0 Å². The lowest BCUT2D eigenvalue weighted by Crippen LogP contribution is -2.25. The minimum Gasteiger partial charge on any atom is -0.459 e. The summed E-state index contributed by atoms with van der Waals surface area (Å²) in [7, 11) is 0. The number of nitrogens with one attached hydrogen (secondary N) is 1. The van der Waals surface area contributed by atoms with Crippen LogP contribution in [-0.2, 0) is 11.3 Å². The SMILES string of the molecule is Cc1cccc(Oc2ccc(NC(=O)Cn3nc(-c4ccco4)oc3=O)cc2)c1. The molecule has 146 valence electrons. The molecule has 0 aliphatic rings. The molecule has 0 spiro atoms. The Morgan fingerprint density at radius 2 is 1.93 bits per heavy atom. The third-order valence-corrected chi connectivity index (χ3v) is 3.99. The van der Waals surface area contributed by atoms with Crippen LogP contribution in [0.1, 0.15) is 5.56 Å². The molecule has 8 heteroatoms. The van der Waals surface area contributed by atoms with Crippen molar-refractivity contribution in [2.75, 3.05) is 5.32 Å². The van der Waals surface area contributed by atoms with Crippen LogP contribution in [0.4, 0.5) is 5.69 Å². The zero-order valence-electron chi connectivity index (χ0n) is 15.5. The summed E-state index contributed by atoms with van der Waals surface area (Å²) in [5, 5.41) is 6.67. The van der Waals surface area contributed by atoms with E-state index in [1.165, 1.54) is 6.26 Å². The highest BCUT2D eigenvalue weighted by Crippen LogP contribution is 2.23. The molecule has 2 aromatic heterocycles. The van der Waals surface area contributed by atoms with E-state index in [1.54, 1.807) is 36.4 Å². The smallest absolute Gasteiger partial charge is 0.437 e. The number of benzene rings is 2. The van der Waals surface area contributed by atoms with Gasteiger partial charge < -0.3 is 18.9 Å². The maximum atomic E-state index is 12.2. The predicted molar refractivity (Wildman–Crippen MR) is 105 cm³/mol. The first-order valence-corrected chi connectivity index (χ1v) is 8.83. The molecule has 4 rings (SSSR count). The molecule has 0 bridgehead atoms. The highest BCUT2D eigenvalue weighted by atomic mass is 16.5. The Bertz CT molecular complexity index is 1170. The van der Waals surface area contributed by atoms with Crippen LogP contribution in [0.2, 0.25) is 0 Å². The molecule has 0 fully saturated rings. The van der Waals surface area contributed by atoms with Crippen molar-refractivity contribution in [2.45, 2.75) is 13.5 Å². The maximum Gasteiger partial charge on any atom is 0.437 e. The van der Waals surface area contributed by atoms with Crippen molar-refractivity contribution in [3.63, 3.8) is 0 Å². The van der Waals surface area contributed by atoms with E-state index >= 15 is 0 Å². The standard InChI is InChI=1S/C21H17N3O5/c1-14-4-2-5-17(12-14)28-16-9-7-15(8-10-16)22-19(25)13-24-21(26)29-20(23-24)18-6-3-11-27-18/h2-12H,13H2,1H3,(H,22,25). The molecule has 1 amide bonds. The number of furan rings is 1. The summed E-state index contributed by atoms with van der Waals surface area (Å²) in [4.78, 5) is 24.1. The third-order valence-electron chi connectivity index (χ3n) is 3.99. The molecule has 8 nitrogen and oxygen atoms in total. The molecule has 0 aliphatic carbocycles. The van der Waals surface area contributed by atoms with Crippen LogP contribution in [-0.4, -0.2) is 15.7 Å². The Kier molecular flexibility index (Phi) is 4.98. The van der Waals surface area contributed by atoms with Crippen molar-refractivity contribution in [3.8, 4) is 23.1 Å². The lowest BCUT2D eigenvalue weighted by Gasteiger charge is -2.08. The first kappa shape index (κ1) is 18.3. The van der Waals surface area contributed by atoms with Crippen molar-refractivity contribution in [2.24, 2.45) is 0 Å². The van der Waals surface area contributed by atoms with Gasteiger partial charge in [0.25, 0.3) is 5.89 Å². The number of hydrogen-bond donors (Lipinski definition) is 1. The van der Waals surface area contributed by atoms with E-state index < -0.39 is 11.7 Å². The normalized spacial score (nSPS) is 10.7. The summed E-state index contributed by atoms with van der Waals surface area (Å²) in [5.74, 6) is 0.548. The Morgan fingerprint density at radius 3 is 2.66 bits per heavy atom. The fraction of sp³-hybridized carbons (Fsp3) is 0.0952. The molecule has 2 heterocycles. The molecular weight excluding hydrogens is 374 g/mol. The topological polar surface area (TPSA) is 99.5 Å². The molecular formula is C21H17N3O5. The van der Waals surface area contributed by atoms with Gasteiger partial charge in [-0.25, -0.2) is 4.79 Å². The first-order chi connectivity index (χ1) is 14.1. The zero-order chi connectivity index (χ0) is 20.2. The van der Waals surface area contributed by atoms with Gasteiger partial charge in [0, 0.05) is 5.69 Å². The van der Waals surface area contributed by atoms with Crippen LogP contribution in [0.5, 0.6) is 11.5 Å². The van der Waals surface area contributed by atoms with Crippen molar-refractivity contribution in [1.82, 2.24) is 9.78 Å². The van der Waals surface area contributed by atoms with Gasteiger partial charge in [0.15, 0.2) is 5.76 Å². The van der Waals surface area contributed by atoms with Crippen LogP contribution < -0.4 is 15.8 Å². The van der Waals surface area contributed by atoms with E-state index in [0.29, 0.717) is 17.2 Å². The van der Waals surface area contributed by atoms with Gasteiger partial charge in [-0.1, -0.05) is 12.1 Å². The summed E-state index contributed by atoms with van der Waals surface area (Å²) < 4.78 is 16.8. The summed E-state index contributed by atoms with van der Waals surface area (Å²) >= 11 is 0. The zero-order valence-corrected chi connectivity index (χ0v) is 15.5. The van der Waals surface area contributed by atoms with Crippen LogP contribution in [0, 0.1) is 6.92 Å².